The molecule has 1 aromatic rings. The minimum absolute atomic E-state index is 0.0123. The normalized spacial score (nSPS) is 14.0. The smallest absolute Gasteiger partial charge is 0.127 e. The van der Waals surface area contributed by atoms with E-state index in [-0.39, 0.29) is 5.54 Å². The number of benzene rings is 1. The van der Waals surface area contributed by atoms with Crippen molar-refractivity contribution in [1.29, 1.82) is 0 Å². The number of ether oxygens (including phenoxy) is 1. The van der Waals surface area contributed by atoms with Crippen LogP contribution >= 0.6 is 0 Å². The molecule has 0 aliphatic rings. The summed E-state index contributed by atoms with van der Waals surface area (Å²) in [5.74, 6) is 0.672. The molecule has 0 unspecified atom stereocenters. The Hall–Kier alpha value is -1.10. The fraction of sp³-hybridized carbons (Fsp3) is 0.667. The Bertz CT molecular complexity index is 504. The fourth-order valence-corrected chi connectivity index (χ4v) is 2.34. The van der Waals surface area contributed by atoms with Crippen LogP contribution in [0.4, 0.5) is 0 Å². The molecule has 0 fully saturated rings. The molecule has 0 amide bonds. The van der Waals surface area contributed by atoms with Crippen molar-refractivity contribution in [3.63, 3.8) is 0 Å². The van der Waals surface area contributed by atoms with Gasteiger partial charge in [-0.05, 0) is 64.3 Å². The van der Waals surface area contributed by atoms with Gasteiger partial charge in [-0.2, -0.15) is 0 Å². The second kappa shape index (κ2) is 6.99. The van der Waals surface area contributed by atoms with E-state index in [4.69, 9.17) is 4.74 Å². The molecule has 126 valence electrons. The van der Waals surface area contributed by atoms with Crippen molar-refractivity contribution >= 4 is 0 Å². The number of hydrogen-bond acceptors (Lipinski definition) is 4. The van der Waals surface area contributed by atoms with Gasteiger partial charge in [0.15, 0.2) is 0 Å². The van der Waals surface area contributed by atoms with Crippen LogP contribution in [0.2, 0.25) is 0 Å². The first-order valence-corrected chi connectivity index (χ1v) is 7.86. The van der Waals surface area contributed by atoms with Crippen LogP contribution in [0.1, 0.15) is 63.8 Å². The van der Waals surface area contributed by atoms with Gasteiger partial charge in [0, 0.05) is 17.6 Å². The Morgan fingerprint density at radius 2 is 1.82 bits per heavy atom. The summed E-state index contributed by atoms with van der Waals surface area (Å²) < 4.78 is 5.41. The summed E-state index contributed by atoms with van der Waals surface area (Å²) in [5, 5.41) is 24.2. The van der Waals surface area contributed by atoms with Crippen molar-refractivity contribution in [2.24, 2.45) is 0 Å². The maximum Gasteiger partial charge on any atom is 0.127 e. The van der Waals surface area contributed by atoms with Crippen LogP contribution < -0.4 is 10.1 Å². The molecule has 1 atom stereocenters. The average molecular weight is 309 g/mol. The Morgan fingerprint density at radius 3 is 2.27 bits per heavy atom. The minimum Gasteiger partial charge on any atom is -0.496 e. The van der Waals surface area contributed by atoms with Crippen LogP contribution in [-0.2, 0) is 5.60 Å². The SMILES string of the molecule is CCC(C)(C)NC[C@H](O)c1cc(C)c(OC)c(C(C)(C)O)c1. The van der Waals surface area contributed by atoms with Gasteiger partial charge in [0.25, 0.3) is 0 Å². The third-order valence-electron chi connectivity index (χ3n) is 4.20. The van der Waals surface area contributed by atoms with Gasteiger partial charge in [-0.3, -0.25) is 0 Å². The highest BCUT2D eigenvalue weighted by atomic mass is 16.5. The van der Waals surface area contributed by atoms with Gasteiger partial charge < -0.3 is 20.3 Å². The van der Waals surface area contributed by atoms with Gasteiger partial charge in [0.1, 0.15) is 5.75 Å². The second-order valence-electron chi connectivity index (χ2n) is 7.11. The molecule has 0 saturated carbocycles. The molecule has 22 heavy (non-hydrogen) atoms. The summed E-state index contributed by atoms with van der Waals surface area (Å²) in [4.78, 5) is 0. The maximum absolute atomic E-state index is 10.5. The van der Waals surface area contributed by atoms with Crippen LogP contribution in [-0.4, -0.2) is 29.4 Å². The van der Waals surface area contributed by atoms with Crippen molar-refractivity contribution in [1.82, 2.24) is 5.32 Å². The fourth-order valence-electron chi connectivity index (χ4n) is 2.34. The molecule has 4 nitrogen and oxygen atoms in total. The third-order valence-corrected chi connectivity index (χ3v) is 4.20. The minimum atomic E-state index is -1.03. The molecule has 0 aromatic heterocycles. The van der Waals surface area contributed by atoms with E-state index in [2.05, 4.69) is 26.1 Å². The largest absolute Gasteiger partial charge is 0.496 e. The summed E-state index contributed by atoms with van der Waals surface area (Å²) in [6.45, 7) is 12.2. The first kappa shape index (κ1) is 18.9. The maximum atomic E-state index is 10.5. The van der Waals surface area contributed by atoms with E-state index < -0.39 is 11.7 Å². The number of aryl methyl sites for hydroxylation is 1. The molecular weight excluding hydrogens is 278 g/mol. The number of rotatable bonds is 7. The van der Waals surface area contributed by atoms with Crippen LogP contribution in [0.15, 0.2) is 12.1 Å². The van der Waals surface area contributed by atoms with E-state index in [1.165, 1.54) is 0 Å². The van der Waals surface area contributed by atoms with Crippen molar-refractivity contribution in [2.45, 2.75) is 65.2 Å². The molecule has 4 heteroatoms. The molecule has 0 aliphatic heterocycles. The quantitative estimate of drug-likeness (QED) is 0.724. The Labute approximate surface area is 134 Å². The molecule has 0 spiro atoms. The summed E-state index contributed by atoms with van der Waals surface area (Å²) in [7, 11) is 1.60. The standard InChI is InChI=1S/C18H31NO3/c1-8-17(3,4)19-11-15(20)13-9-12(2)16(22-7)14(10-13)18(5,6)21/h9-10,15,19-21H,8,11H2,1-7H3/t15-/m0/s1. The number of hydrogen-bond donors (Lipinski definition) is 3. The lowest BCUT2D eigenvalue weighted by Crippen LogP contribution is -2.40. The van der Waals surface area contributed by atoms with Gasteiger partial charge >= 0.3 is 0 Å². The van der Waals surface area contributed by atoms with Crippen LogP contribution in [0.5, 0.6) is 5.75 Å². The number of aliphatic hydroxyl groups is 2. The predicted octanol–water partition coefficient (Wildman–Crippen LogP) is 3.04. The third kappa shape index (κ3) is 4.70. The van der Waals surface area contributed by atoms with Crippen LogP contribution in [0.25, 0.3) is 0 Å². The van der Waals surface area contributed by atoms with Gasteiger partial charge in [-0.15, -0.1) is 0 Å². The monoisotopic (exact) mass is 309 g/mol. The Morgan fingerprint density at radius 1 is 1.23 bits per heavy atom. The van der Waals surface area contributed by atoms with E-state index in [1.807, 2.05) is 19.1 Å². The zero-order valence-corrected chi connectivity index (χ0v) is 14.9. The number of methoxy groups -OCH3 is 1. The predicted molar refractivity (Wildman–Crippen MR) is 90.3 cm³/mol. The van der Waals surface area contributed by atoms with Crippen molar-refractivity contribution in [3.05, 3.63) is 28.8 Å². The highest BCUT2D eigenvalue weighted by molar-refractivity contribution is 5.47. The summed E-state index contributed by atoms with van der Waals surface area (Å²) in [6, 6.07) is 3.75. The number of nitrogens with one attached hydrogen (secondary N) is 1. The Balaban J connectivity index is 3.08. The van der Waals surface area contributed by atoms with Crippen molar-refractivity contribution in [3.8, 4) is 5.75 Å². The van der Waals surface area contributed by atoms with Crippen LogP contribution in [0, 0.1) is 6.92 Å². The molecular formula is C18H31NO3. The van der Waals surface area contributed by atoms with E-state index >= 15 is 0 Å². The van der Waals surface area contributed by atoms with Gasteiger partial charge in [0.05, 0.1) is 18.8 Å². The number of β-amino-alcohol motifs (C(OH)–C–C–N with tert-alkyl or cyclic N) is 1. The molecule has 0 saturated heterocycles. The topological polar surface area (TPSA) is 61.7 Å². The van der Waals surface area contributed by atoms with E-state index in [0.717, 1.165) is 17.5 Å². The lowest BCUT2D eigenvalue weighted by atomic mass is 9.91. The van der Waals surface area contributed by atoms with Gasteiger partial charge in [0.2, 0.25) is 0 Å². The zero-order chi connectivity index (χ0) is 17.1. The Kier molecular flexibility index (Phi) is 6.02. The molecule has 1 aromatic carbocycles. The molecule has 3 N–H and O–H groups in total. The molecule has 0 aliphatic carbocycles. The van der Waals surface area contributed by atoms with E-state index in [0.29, 0.717) is 17.9 Å². The summed E-state index contributed by atoms with van der Waals surface area (Å²) in [5.41, 5.74) is 1.35. The summed E-state index contributed by atoms with van der Waals surface area (Å²) >= 11 is 0. The van der Waals surface area contributed by atoms with E-state index in [1.54, 1.807) is 21.0 Å². The highest BCUT2D eigenvalue weighted by Crippen LogP contribution is 2.35. The first-order valence-electron chi connectivity index (χ1n) is 7.86. The molecule has 0 heterocycles. The molecule has 1 rings (SSSR count). The average Bonchev–Trinajstić information content (AvgIpc) is 2.43. The zero-order valence-electron chi connectivity index (χ0n) is 14.9. The van der Waals surface area contributed by atoms with Crippen molar-refractivity contribution < 1.29 is 14.9 Å². The van der Waals surface area contributed by atoms with Gasteiger partial charge in [-0.25, -0.2) is 0 Å². The number of aliphatic hydroxyl groups excluding tert-OH is 1. The molecule has 0 bridgehead atoms. The summed E-state index contributed by atoms with van der Waals surface area (Å²) in [6.07, 6.45) is 0.354. The van der Waals surface area contributed by atoms with Gasteiger partial charge in [-0.1, -0.05) is 6.92 Å². The second-order valence-corrected chi connectivity index (χ2v) is 7.11. The lowest BCUT2D eigenvalue weighted by Gasteiger charge is -2.28. The van der Waals surface area contributed by atoms with Crippen LogP contribution in [0.3, 0.4) is 0 Å². The van der Waals surface area contributed by atoms with E-state index in [9.17, 15) is 10.2 Å². The first-order chi connectivity index (χ1) is 10.0. The lowest BCUT2D eigenvalue weighted by molar-refractivity contribution is 0.0750. The highest BCUT2D eigenvalue weighted by Gasteiger charge is 2.25. The molecule has 0 radical (unpaired) electrons. The van der Waals surface area contributed by atoms with Crippen molar-refractivity contribution in [2.75, 3.05) is 13.7 Å².